The van der Waals surface area contributed by atoms with Crippen molar-refractivity contribution in [1.82, 2.24) is 9.62 Å². The third kappa shape index (κ3) is 4.49. The molecule has 2 heterocycles. The molecular formula is C16H20Cl2N2O5S. The standard InChI is InChI=1S/C16H20Cl2N2O5S/c17-12-1-2-13(14(18)11-12)15(21)19-5-10-26(22,23)20-6-3-16(4-7-20)24-8-9-25-16/h1-2,11H,3-10H2,(H,19,21). The molecule has 2 fully saturated rings. The molecule has 0 radical (unpaired) electrons. The van der Waals surface area contributed by atoms with Gasteiger partial charge in [-0.3, -0.25) is 4.79 Å². The molecule has 144 valence electrons. The van der Waals surface area contributed by atoms with Gasteiger partial charge in [0, 0.05) is 37.5 Å². The topological polar surface area (TPSA) is 84.9 Å². The van der Waals surface area contributed by atoms with E-state index in [0.29, 0.717) is 44.2 Å². The third-order valence-corrected chi connectivity index (χ3v) is 6.93. The number of hydrogen-bond donors (Lipinski definition) is 1. The molecule has 0 bridgehead atoms. The summed E-state index contributed by atoms with van der Waals surface area (Å²) in [6.45, 7) is 1.78. The van der Waals surface area contributed by atoms with Gasteiger partial charge in [-0.1, -0.05) is 23.2 Å². The van der Waals surface area contributed by atoms with Crippen molar-refractivity contribution in [2.45, 2.75) is 18.6 Å². The molecule has 0 aromatic heterocycles. The van der Waals surface area contributed by atoms with Gasteiger partial charge in [0.1, 0.15) is 0 Å². The van der Waals surface area contributed by atoms with Crippen LogP contribution in [0.3, 0.4) is 0 Å². The van der Waals surface area contributed by atoms with E-state index in [0.717, 1.165) is 0 Å². The molecule has 7 nitrogen and oxygen atoms in total. The van der Waals surface area contributed by atoms with Gasteiger partial charge in [0.25, 0.3) is 5.91 Å². The fourth-order valence-corrected chi connectivity index (χ4v) is 4.93. The SMILES string of the molecule is O=C(NCCS(=O)(=O)N1CCC2(CC1)OCCO2)c1ccc(Cl)cc1Cl. The zero-order chi connectivity index (χ0) is 18.8. The second-order valence-corrected chi connectivity index (χ2v) is 9.13. The summed E-state index contributed by atoms with van der Waals surface area (Å²) in [5.74, 6) is -1.24. The normalized spacial score (nSPS) is 20.4. The Morgan fingerprint density at radius 3 is 2.46 bits per heavy atom. The molecule has 0 saturated carbocycles. The first-order chi connectivity index (χ1) is 12.3. The van der Waals surface area contributed by atoms with Gasteiger partial charge >= 0.3 is 0 Å². The highest BCUT2D eigenvalue weighted by Gasteiger charge is 2.42. The number of nitrogens with zero attached hydrogens (tertiary/aromatic N) is 1. The van der Waals surface area contributed by atoms with Crippen molar-refractivity contribution in [3.63, 3.8) is 0 Å². The second kappa shape index (κ2) is 8.00. The van der Waals surface area contributed by atoms with Crippen LogP contribution in [0.2, 0.25) is 10.0 Å². The predicted molar refractivity (Wildman–Crippen MR) is 98.0 cm³/mol. The first kappa shape index (κ1) is 19.9. The van der Waals surface area contributed by atoms with E-state index in [1.54, 1.807) is 6.07 Å². The first-order valence-corrected chi connectivity index (χ1v) is 10.7. The second-order valence-electron chi connectivity index (χ2n) is 6.20. The Hall–Kier alpha value is -0.900. The highest BCUT2D eigenvalue weighted by molar-refractivity contribution is 7.89. The van der Waals surface area contributed by atoms with Crippen LogP contribution in [-0.4, -0.2) is 63.0 Å². The minimum absolute atomic E-state index is 0.00519. The van der Waals surface area contributed by atoms with Crippen LogP contribution >= 0.6 is 23.2 Å². The summed E-state index contributed by atoms with van der Waals surface area (Å²) in [5.41, 5.74) is 0.254. The fraction of sp³-hybridized carbons (Fsp3) is 0.562. The number of benzene rings is 1. The smallest absolute Gasteiger partial charge is 0.252 e. The third-order valence-electron chi connectivity index (χ3n) is 4.51. The van der Waals surface area contributed by atoms with Crippen molar-refractivity contribution in [1.29, 1.82) is 0 Å². The predicted octanol–water partition coefficient (Wildman–Crippen LogP) is 1.89. The summed E-state index contributed by atoms with van der Waals surface area (Å²) in [7, 11) is -3.47. The number of hydrogen-bond acceptors (Lipinski definition) is 5. The van der Waals surface area contributed by atoms with Crippen molar-refractivity contribution in [2.24, 2.45) is 0 Å². The average molecular weight is 423 g/mol. The van der Waals surface area contributed by atoms with Crippen LogP contribution < -0.4 is 5.32 Å². The fourth-order valence-electron chi connectivity index (χ4n) is 3.08. The molecule has 1 spiro atoms. The zero-order valence-corrected chi connectivity index (χ0v) is 16.4. The number of halogens is 2. The number of carbonyl (C=O) groups is 1. The van der Waals surface area contributed by atoms with Gasteiger partial charge < -0.3 is 14.8 Å². The lowest BCUT2D eigenvalue weighted by Gasteiger charge is -2.36. The molecule has 0 unspecified atom stereocenters. The first-order valence-electron chi connectivity index (χ1n) is 8.30. The molecule has 2 aliphatic rings. The van der Waals surface area contributed by atoms with Crippen LogP contribution in [-0.2, 0) is 19.5 Å². The molecule has 1 aromatic rings. The van der Waals surface area contributed by atoms with E-state index in [4.69, 9.17) is 32.7 Å². The molecule has 2 aliphatic heterocycles. The van der Waals surface area contributed by atoms with Gasteiger partial charge in [0.05, 0.1) is 29.6 Å². The van der Waals surface area contributed by atoms with E-state index in [9.17, 15) is 13.2 Å². The van der Waals surface area contributed by atoms with Crippen LogP contribution in [0, 0.1) is 0 Å². The van der Waals surface area contributed by atoms with Crippen LogP contribution in [0.25, 0.3) is 0 Å². The summed E-state index contributed by atoms with van der Waals surface area (Å²) in [5, 5.41) is 3.22. The lowest BCUT2D eigenvalue weighted by Crippen LogP contribution is -2.48. The molecule has 0 aliphatic carbocycles. The number of carbonyl (C=O) groups excluding carboxylic acids is 1. The Morgan fingerprint density at radius 2 is 1.85 bits per heavy atom. The van der Waals surface area contributed by atoms with E-state index in [-0.39, 0.29) is 22.9 Å². The van der Waals surface area contributed by atoms with Crippen LogP contribution in [0.5, 0.6) is 0 Å². The molecule has 1 aromatic carbocycles. The Morgan fingerprint density at radius 1 is 1.19 bits per heavy atom. The minimum Gasteiger partial charge on any atom is -0.351 e. The van der Waals surface area contributed by atoms with E-state index >= 15 is 0 Å². The van der Waals surface area contributed by atoms with E-state index in [2.05, 4.69) is 5.32 Å². The van der Waals surface area contributed by atoms with Crippen molar-refractivity contribution < 1.29 is 22.7 Å². The van der Waals surface area contributed by atoms with Crippen molar-refractivity contribution in [3.05, 3.63) is 33.8 Å². The van der Waals surface area contributed by atoms with E-state index in [1.807, 2.05) is 0 Å². The molecule has 0 atom stereocenters. The zero-order valence-electron chi connectivity index (χ0n) is 14.0. The van der Waals surface area contributed by atoms with Gasteiger partial charge in [-0.2, -0.15) is 0 Å². The number of rotatable bonds is 5. The Labute approximate surface area is 162 Å². The maximum atomic E-state index is 12.5. The maximum absolute atomic E-state index is 12.5. The maximum Gasteiger partial charge on any atom is 0.252 e. The van der Waals surface area contributed by atoms with Crippen molar-refractivity contribution >= 4 is 39.1 Å². The molecule has 1 amide bonds. The molecular weight excluding hydrogens is 403 g/mol. The van der Waals surface area contributed by atoms with Gasteiger partial charge in [-0.25, -0.2) is 12.7 Å². The van der Waals surface area contributed by atoms with Crippen LogP contribution in [0.15, 0.2) is 18.2 Å². The monoisotopic (exact) mass is 422 g/mol. The number of sulfonamides is 1. The van der Waals surface area contributed by atoms with Crippen LogP contribution in [0.4, 0.5) is 0 Å². The Balaban J connectivity index is 1.50. The van der Waals surface area contributed by atoms with Gasteiger partial charge in [-0.15, -0.1) is 0 Å². The lowest BCUT2D eigenvalue weighted by molar-refractivity contribution is -0.179. The van der Waals surface area contributed by atoms with E-state index < -0.39 is 21.7 Å². The molecule has 2 saturated heterocycles. The van der Waals surface area contributed by atoms with Gasteiger partial charge in [-0.05, 0) is 18.2 Å². The quantitative estimate of drug-likeness (QED) is 0.782. The average Bonchev–Trinajstić information content (AvgIpc) is 3.03. The van der Waals surface area contributed by atoms with Crippen LogP contribution in [0.1, 0.15) is 23.2 Å². The number of piperidine rings is 1. The Kier molecular flexibility index (Phi) is 6.11. The number of nitrogens with one attached hydrogen (secondary N) is 1. The minimum atomic E-state index is -3.47. The highest BCUT2D eigenvalue weighted by atomic mass is 35.5. The molecule has 1 N–H and O–H groups in total. The highest BCUT2D eigenvalue weighted by Crippen LogP contribution is 2.32. The number of amides is 1. The number of ether oxygens (including phenoxy) is 2. The molecule has 26 heavy (non-hydrogen) atoms. The summed E-state index contributed by atoms with van der Waals surface area (Å²) in [6, 6.07) is 4.52. The largest absolute Gasteiger partial charge is 0.351 e. The molecule has 10 heteroatoms. The summed E-state index contributed by atoms with van der Waals surface area (Å²) in [4.78, 5) is 12.1. The molecule has 3 rings (SSSR count). The Bertz CT molecular complexity index is 771. The van der Waals surface area contributed by atoms with Gasteiger partial charge in [0.15, 0.2) is 5.79 Å². The van der Waals surface area contributed by atoms with Crippen molar-refractivity contribution in [3.8, 4) is 0 Å². The van der Waals surface area contributed by atoms with Crippen molar-refractivity contribution in [2.75, 3.05) is 38.6 Å². The summed E-state index contributed by atoms with van der Waals surface area (Å²) >= 11 is 11.8. The summed E-state index contributed by atoms with van der Waals surface area (Å²) < 4.78 is 37.6. The summed E-state index contributed by atoms with van der Waals surface area (Å²) in [6.07, 6.45) is 1.03. The van der Waals surface area contributed by atoms with E-state index in [1.165, 1.54) is 16.4 Å². The van der Waals surface area contributed by atoms with Gasteiger partial charge in [0.2, 0.25) is 10.0 Å². The lowest BCUT2D eigenvalue weighted by atomic mass is 10.1.